The number of anilines is 1. The van der Waals surface area contributed by atoms with Gasteiger partial charge in [-0.2, -0.15) is 5.10 Å². The molecule has 16 heavy (non-hydrogen) atoms. The van der Waals surface area contributed by atoms with Crippen molar-refractivity contribution in [2.75, 3.05) is 5.73 Å². The maximum Gasteiger partial charge on any atom is 0.127 e. The molecule has 2 rings (SSSR count). The number of aromatic nitrogens is 2. The summed E-state index contributed by atoms with van der Waals surface area (Å²) in [6.07, 6.45) is 0.700. The zero-order chi connectivity index (χ0) is 11.7. The normalized spacial score (nSPS) is 12.7. The summed E-state index contributed by atoms with van der Waals surface area (Å²) in [7, 11) is 1.72. The molecule has 0 bridgehead atoms. The summed E-state index contributed by atoms with van der Waals surface area (Å²) in [5, 5.41) is 14.6. The lowest BCUT2D eigenvalue weighted by molar-refractivity contribution is 0.221. The lowest BCUT2D eigenvalue weighted by atomic mass is 10.0. The molecule has 0 aliphatic carbocycles. The van der Waals surface area contributed by atoms with Crippen molar-refractivity contribution in [3.05, 3.63) is 46.6 Å². The van der Waals surface area contributed by atoms with E-state index in [2.05, 4.69) is 5.10 Å². The van der Waals surface area contributed by atoms with Crippen LogP contribution in [0.5, 0.6) is 0 Å². The second-order valence-corrected chi connectivity index (χ2v) is 3.94. The lowest BCUT2D eigenvalue weighted by Gasteiger charge is -2.11. The van der Waals surface area contributed by atoms with E-state index in [0.717, 1.165) is 0 Å². The van der Waals surface area contributed by atoms with Crippen LogP contribution in [-0.2, 0) is 7.05 Å². The minimum Gasteiger partial charge on any atom is -0.384 e. The predicted octanol–water partition coefficient (Wildman–Crippen LogP) is 1.74. The second kappa shape index (κ2) is 4.15. The summed E-state index contributed by atoms with van der Waals surface area (Å²) in [5.74, 6) is 0.437. The van der Waals surface area contributed by atoms with Gasteiger partial charge in [-0.3, -0.25) is 4.68 Å². The third kappa shape index (κ3) is 1.77. The molecular formula is C11H12ClN3O. The van der Waals surface area contributed by atoms with Gasteiger partial charge >= 0.3 is 0 Å². The van der Waals surface area contributed by atoms with Crippen LogP contribution in [-0.4, -0.2) is 14.9 Å². The van der Waals surface area contributed by atoms with Gasteiger partial charge in [0, 0.05) is 23.2 Å². The van der Waals surface area contributed by atoms with E-state index >= 15 is 0 Å². The summed E-state index contributed by atoms with van der Waals surface area (Å²) in [6.45, 7) is 0. The Labute approximate surface area is 98.3 Å². The Morgan fingerprint density at radius 3 is 2.62 bits per heavy atom. The monoisotopic (exact) mass is 237 g/mol. The van der Waals surface area contributed by atoms with Crippen molar-refractivity contribution in [3.63, 3.8) is 0 Å². The molecule has 0 spiro atoms. The number of aryl methyl sites for hydroxylation is 1. The highest BCUT2D eigenvalue weighted by molar-refractivity contribution is 6.31. The number of benzene rings is 1. The standard InChI is InChI=1S/C11H12ClN3O/c1-15-11(13)8(6-14-15)10(16)7-4-2-3-5-9(7)12/h2-6,10,16H,13H2,1H3. The minimum atomic E-state index is -0.845. The van der Waals surface area contributed by atoms with Crippen molar-refractivity contribution < 1.29 is 5.11 Å². The highest BCUT2D eigenvalue weighted by Gasteiger charge is 2.18. The third-order valence-electron chi connectivity index (χ3n) is 2.51. The van der Waals surface area contributed by atoms with E-state index in [-0.39, 0.29) is 0 Å². The van der Waals surface area contributed by atoms with Gasteiger partial charge in [0.25, 0.3) is 0 Å². The highest BCUT2D eigenvalue weighted by Crippen LogP contribution is 2.30. The van der Waals surface area contributed by atoms with Crippen LogP contribution in [0.15, 0.2) is 30.5 Å². The van der Waals surface area contributed by atoms with Gasteiger partial charge in [0.15, 0.2) is 0 Å². The summed E-state index contributed by atoms with van der Waals surface area (Å²) in [4.78, 5) is 0. The molecule has 84 valence electrons. The van der Waals surface area contributed by atoms with Gasteiger partial charge in [-0.1, -0.05) is 29.8 Å². The van der Waals surface area contributed by atoms with Crippen LogP contribution in [0.2, 0.25) is 5.02 Å². The van der Waals surface area contributed by atoms with Crippen molar-refractivity contribution in [2.24, 2.45) is 7.05 Å². The van der Waals surface area contributed by atoms with E-state index < -0.39 is 6.10 Å². The van der Waals surface area contributed by atoms with Crippen LogP contribution in [0.3, 0.4) is 0 Å². The van der Waals surface area contributed by atoms with Crippen molar-refractivity contribution in [1.29, 1.82) is 0 Å². The Hall–Kier alpha value is -1.52. The fourth-order valence-corrected chi connectivity index (χ4v) is 1.78. The SMILES string of the molecule is Cn1ncc(C(O)c2ccccc2Cl)c1N. The van der Waals surface area contributed by atoms with Crippen LogP contribution in [0.1, 0.15) is 17.2 Å². The molecule has 1 unspecified atom stereocenters. The van der Waals surface area contributed by atoms with E-state index in [1.54, 1.807) is 25.4 Å². The topological polar surface area (TPSA) is 64.1 Å². The quantitative estimate of drug-likeness (QED) is 0.836. The lowest BCUT2D eigenvalue weighted by Crippen LogP contribution is -2.05. The fourth-order valence-electron chi connectivity index (χ4n) is 1.54. The Morgan fingerprint density at radius 2 is 2.06 bits per heavy atom. The molecule has 0 saturated heterocycles. The highest BCUT2D eigenvalue weighted by atomic mass is 35.5. The Kier molecular flexibility index (Phi) is 2.85. The largest absolute Gasteiger partial charge is 0.384 e. The Bertz CT molecular complexity index is 510. The summed E-state index contributed by atoms with van der Waals surface area (Å²) >= 11 is 6.00. The summed E-state index contributed by atoms with van der Waals surface area (Å²) < 4.78 is 1.51. The molecule has 1 aromatic heterocycles. The number of aliphatic hydroxyl groups is 1. The third-order valence-corrected chi connectivity index (χ3v) is 2.85. The van der Waals surface area contributed by atoms with Crippen LogP contribution in [0, 0.1) is 0 Å². The van der Waals surface area contributed by atoms with E-state index in [1.165, 1.54) is 4.68 Å². The van der Waals surface area contributed by atoms with Gasteiger partial charge in [0.1, 0.15) is 11.9 Å². The first-order valence-corrected chi connectivity index (χ1v) is 5.19. The van der Waals surface area contributed by atoms with Crippen LogP contribution < -0.4 is 5.73 Å². The first kappa shape index (κ1) is 11.0. The molecule has 1 heterocycles. The van der Waals surface area contributed by atoms with Crippen molar-refractivity contribution in [3.8, 4) is 0 Å². The van der Waals surface area contributed by atoms with Crippen LogP contribution >= 0.6 is 11.6 Å². The number of rotatable bonds is 2. The molecule has 0 aliphatic rings. The van der Waals surface area contributed by atoms with Gasteiger partial charge in [-0.15, -0.1) is 0 Å². The average molecular weight is 238 g/mol. The molecule has 0 fully saturated rings. The smallest absolute Gasteiger partial charge is 0.127 e. The maximum atomic E-state index is 10.1. The zero-order valence-electron chi connectivity index (χ0n) is 8.76. The Balaban J connectivity index is 2.43. The number of hydrogen-bond acceptors (Lipinski definition) is 3. The average Bonchev–Trinajstić information content (AvgIpc) is 2.60. The number of nitrogens with two attached hydrogens (primary N) is 1. The van der Waals surface area contributed by atoms with Gasteiger partial charge in [0.2, 0.25) is 0 Å². The molecule has 0 aliphatic heterocycles. The van der Waals surface area contributed by atoms with E-state index in [9.17, 15) is 5.11 Å². The van der Waals surface area contributed by atoms with Crippen LogP contribution in [0.25, 0.3) is 0 Å². The molecule has 4 nitrogen and oxygen atoms in total. The second-order valence-electron chi connectivity index (χ2n) is 3.53. The van der Waals surface area contributed by atoms with Gasteiger partial charge < -0.3 is 10.8 Å². The molecule has 1 atom stereocenters. The fraction of sp³-hybridized carbons (Fsp3) is 0.182. The molecule has 5 heteroatoms. The van der Waals surface area contributed by atoms with Crippen LogP contribution in [0.4, 0.5) is 5.82 Å². The molecular weight excluding hydrogens is 226 g/mol. The number of nitrogens with zero attached hydrogens (tertiary/aromatic N) is 2. The van der Waals surface area contributed by atoms with E-state index in [1.807, 2.05) is 12.1 Å². The van der Waals surface area contributed by atoms with E-state index in [0.29, 0.717) is 22.0 Å². The van der Waals surface area contributed by atoms with Gasteiger partial charge in [-0.05, 0) is 6.07 Å². The molecule has 1 aromatic carbocycles. The maximum absolute atomic E-state index is 10.1. The number of halogens is 1. The molecule has 0 amide bonds. The number of aliphatic hydroxyl groups excluding tert-OH is 1. The summed E-state index contributed by atoms with van der Waals surface area (Å²) in [6, 6.07) is 7.12. The summed E-state index contributed by atoms with van der Waals surface area (Å²) in [5.41, 5.74) is 6.98. The molecule has 0 radical (unpaired) electrons. The number of hydrogen-bond donors (Lipinski definition) is 2. The molecule has 3 N–H and O–H groups in total. The molecule has 2 aromatic rings. The first-order valence-electron chi connectivity index (χ1n) is 4.81. The predicted molar refractivity (Wildman–Crippen MR) is 63.1 cm³/mol. The van der Waals surface area contributed by atoms with Crippen molar-refractivity contribution in [1.82, 2.24) is 9.78 Å². The van der Waals surface area contributed by atoms with E-state index in [4.69, 9.17) is 17.3 Å². The first-order chi connectivity index (χ1) is 7.61. The van der Waals surface area contributed by atoms with Crippen molar-refractivity contribution in [2.45, 2.75) is 6.10 Å². The Morgan fingerprint density at radius 1 is 1.38 bits per heavy atom. The number of nitrogen functional groups attached to an aromatic ring is 1. The zero-order valence-corrected chi connectivity index (χ0v) is 9.52. The minimum absolute atomic E-state index is 0.437. The molecule has 0 saturated carbocycles. The van der Waals surface area contributed by atoms with Gasteiger partial charge in [-0.25, -0.2) is 0 Å². The van der Waals surface area contributed by atoms with Crippen molar-refractivity contribution >= 4 is 17.4 Å². The van der Waals surface area contributed by atoms with Gasteiger partial charge in [0.05, 0.1) is 6.20 Å².